The number of para-hydroxylation sites is 2. The molecule has 0 saturated carbocycles. The molecule has 9 heteroatoms. The van der Waals surface area contributed by atoms with Gasteiger partial charge in [-0.1, -0.05) is 36.4 Å². The van der Waals surface area contributed by atoms with Crippen LogP contribution >= 0.6 is 0 Å². The van der Waals surface area contributed by atoms with Gasteiger partial charge in [0.05, 0.1) is 34.7 Å². The van der Waals surface area contributed by atoms with Gasteiger partial charge < -0.3 is 10.6 Å². The van der Waals surface area contributed by atoms with Crippen molar-refractivity contribution in [3.8, 4) is 5.69 Å². The third-order valence-electron chi connectivity index (χ3n) is 5.68. The Balaban J connectivity index is 1.52. The van der Waals surface area contributed by atoms with E-state index in [-0.39, 0.29) is 23.9 Å². The van der Waals surface area contributed by atoms with E-state index in [1.807, 2.05) is 6.07 Å². The lowest BCUT2D eigenvalue weighted by Gasteiger charge is -2.13. The lowest BCUT2D eigenvalue weighted by molar-refractivity contribution is -0.137. The summed E-state index contributed by atoms with van der Waals surface area (Å²) < 4.78 is 40.8. The Morgan fingerprint density at radius 1 is 0.861 bits per heavy atom. The predicted octanol–water partition coefficient (Wildman–Crippen LogP) is 5.94. The van der Waals surface area contributed by atoms with Crippen LogP contribution in [0.25, 0.3) is 5.69 Å². The number of rotatable bonds is 6. The summed E-state index contributed by atoms with van der Waals surface area (Å²) in [5.74, 6) is -0.669. The van der Waals surface area contributed by atoms with Crippen molar-refractivity contribution in [2.75, 3.05) is 10.6 Å². The highest BCUT2D eigenvalue weighted by molar-refractivity contribution is 6.07. The summed E-state index contributed by atoms with van der Waals surface area (Å²) in [6, 6.07) is 20.4. The summed E-state index contributed by atoms with van der Waals surface area (Å²) >= 11 is 0. The third kappa shape index (κ3) is 5.46. The first-order valence-electron chi connectivity index (χ1n) is 11.1. The molecule has 0 radical (unpaired) electrons. The van der Waals surface area contributed by atoms with Crippen molar-refractivity contribution in [3.63, 3.8) is 0 Å². The zero-order valence-electron chi connectivity index (χ0n) is 19.6. The Kier molecular flexibility index (Phi) is 6.91. The number of nitrogens with zero attached hydrogens (tertiary/aromatic N) is 2. The second kappa shape index (κ2) is 10.1. The number of halogens is 3. The molecule has 3 aromatic carbocycles. The number of alkyl halides is 3. The van der Waals surface area contributed by atoms with E-state index in [4.69, 9.17) is 0 Å². The normalized spacial score (nSPS) is 11.2. The number of aryl methyl sites for hydroxylation is 1. The molecule has 6 nitrogen and oxygen atoms in total. The van der Waals surface area contributed by atoms with Crippen LogP contribution in [0.4, 0.5) is 24.5 Å². The molecule has 4 rings (SSSR count). The number of nitrogens with one attached hydrogen (secondary N) is 2. The number of hydrogen-bond donors (Lipinski definition) is 2. The highest BCUT2D eigenvalue weighted by atomic mass is 19.4. The van der Waals surface area contributed by atoms with Gasteiger partial charge in [0.25, 0.3) is 5.91 Å². The van der Waals surface area contributed by atoms with Gasteiger partial charge in [-0.3, -0.25) is 9.59 Å². The van der Waals surface area contributed by atoms with E-state index in [1.165, 1.54) is 16.8 Å². The van der Waals surface area contributed by atoms with Gasteiger partial charge in [-0.05, 0) is 56.3 Å². The van der Waals surface area contributed by atoms with Gasteiger partial charge in [0, 0.05) is 16.8 Å². The number of carbonyl (C=O) groups excluding carboxylic acids is 2. The molecule has 184 valence electrons. The van der Waals surface area contributed by atoms with Crippen molar-refractivity contribution in [1.82, 2.24) is 9.78 Å². The molecule has 0 atom stereocenters. The molecule has 0 aliphatic heterocycles. The van der Waals surface area contributed by atoms with Crippen molar-refractivity contribution in [1.29, 1.82) is 0 Å². The first-order valence-corrected chi connectivity index (χ1v) is 11.1. The Morgan fingerprint density at radius 2 is 1.50 bits per heavy atom. The van der Waals surface area contributed by atoms with E-state index in [1.54, 1.807) is 62.4 Å². The zero-order chi connectivity index (χ0) is 25.9. The molecule has 0 aliphatic carbocycles. The fraction of sp³-hybridized carbons (Fsp3) is 0.148. The molecule has 4 aromatic rings. The Bertz CT molecular complexity index is 1410. The van der Waals surface area contributed by atoms with Gasteiger partial charge in [-0.25, -0.2) is 4.68 Å². The van der Waals surface area contributed by atoms with Gasteiger partial charge in [0.2, 0.25) is 5.91 Å². The average molecular weight is 493 g/mol. The van der Waals surface area contributed by atoms with Crippen LogP contribution in [0.15, 0.2) is 78.9 Å². The van der Waals surface area contributed by atoms with Crippen LogP contribution in [0.5, 0.6) is 0 Å². The minimum absolute atomic E-state index is 0.0441. The van der Waals surface area contributed by atoms with Crippen LogP contribution in [0, 0.1) is 13.8 Å². The molecule has 0 fully saturated rings. The molecule has 1 aromatic heterocycles. The van der Waals surface area contributed by atoms with E-state index >= 15 is 0 Å². The van der Waals surface area contributed by atoms with Gasteiger partial charge >= 0.3 is 6.18 Å². The standard InChI is InChI=1S/C27H23F3N4O2/c1-17-22(18(2)34(33-17)21-12-8-11-20(15-21)27(28,29)30)16-25(35)31-23-13-6-7-14-24(23)32-26(36)19-9-4-3-5-10-19/h3-15H,16H2,1-2H3,(H,31,35)(H,32,36). The second-order valence-corrected chi connectivity index (χ2v) is 8.20. The maximum Gasteiger partial charge on any atom is 0.416 e. The van der Waals surface area contributed by atoms with Crippen LogP contribution in [0.2, 0.25) is 0 Å². The van der Waals surface area contributed by atoms with Crippen molar-refractivity contribution < 1.29 is 22.8 Å². The predicted molar refractivity (Wildman–Crippen MR) is 131 cm³/mol. The summed E-state index contributed by atoms with van der Waals surface area (Å²) in [7, 11) is 0. The smallest absolute Gasteiger partial charge is 0.324 e. The number of aromatic nitrogens is 2. The zero-order valence-corrected chi connectivity index (χ0v) is 19.6. The van der Waals surface area contributed by atoms with E-state index in [0.29, 0.717) is 33.9 Å². The topological polar surface area (TPSA) is 76.0 Å². The fourth-order valence-corrected chi connectivity index (χ4v) is 3.84. The van der Waals surface area contributed by atoms with E-state index in [9.17, 15) is 22.8 Å². The van der Waals surface area contributed by atoms with Gasteiger partial charge in [0.1, 0.15) is 0 Å². The van der Waals surface area contributed by atoms with E-state index in [0.717, 1.165) is 12.1 Å². The first-order chi connectivity index (χ1) is 17.1. The number of carbonyl (C=O) groups is 2. The summed E-state index contributed by atoms with van der Waals surface area (Å²) in [5, 5.41) is 9.98. The molecule has 0 unspecified atom stereocenters. The summed E-state index contributed by atoms with van der Waals surface area (Å²) in [6.07, 6.45) is -4.52. The van der Waals surface area contributed by atoms with Crippen LogP contribution < -0.4 is 10.6 Å². The summed E-state index contributed by atoms with van der Waals surface area (Å²) in [4.78, 5) is 25.5. The quantitative estimate of drug-likeness (QED) is 0.350. The van der Waals surface area contributed by atoms with Crippen LogP contribution in [-0.2, 0) is 17.4 Å². The number of hydrogen-bond acceptors (Lipinski definition) is 3. The maximum atomic E-state index is 13.1. The number of anilines is 2. The lowest BCUT2D eigenvalue weighted by atomic mass is 10.1. The van der Waals surface area contributed by atoms with Crippen molar-refractivity contribution in [2.24, 2.45) is 0 Å². The molecule has 1 heterocycles. The van der Waals surface area contributed by atoms with Crippen molar-refractivity contribution >= 4 is 23.2 Å². The highest BCUT2D eigenvalue weighted by Crippen LogP contribution is 2.31. The second-order valence-electron chi connectivity index (χ2n) is 8.20. The Labute approximate surface area is 205 Å². The summed E-state index contributed by atoms with van der Waals surface area (Å²) in [5.41, 5.74) is 2.52. The van der Waals surface area contributed by atoms with Gasteiger partial charge in [-0.2, -0.15) is 18.3 Å². The first kappa shape index (κ1) is 24.7. The van der Waals surface area contributed by atoms with Gasteiger partial charge in [0.15, 0.2) is 0 Å². The molecular weight excluding hydrogens is 469 g/mol. The van der Waals surface area contributed by atoms with E-state index < -0.39 is 11.7 Å². The number of benzene rings is 3. The largest absolute Gasteiger partial charge is 0.416 e. The van der Waals surface area contributed by atoms with Crippen LogP contribution in [0.1, 0.15) is 32.9 Å². The van der Waals surface area contributed by atoms with Crippen LogP contribution in [0.3, 0.4) is 0 Å². The highest BCUT2D eigenvalue weighted by Gasteiger charge is 2.31. The molecule has 0 saturated heterocycles. The van der Waals surface area contributed by atoms with Crippen molar-refractivity contribution in [2.45, 2.75) is 26.4 Å². The molecular formula is C27H23F3N4O2. The fourth-order valence-electron chi connectivity index (χ4n) is 3.84. The third-order valence-corrected chi connectivity index (χ3v) is 5.68. The lowest BCUT2D eigenvalue weighted by Crippen LogP contribution is -2.18. The minimum Gasteiger partial charge on any atom is -0.324 e. The SMILES string of the molecule is Cc1nn(-c2cccc(C(F)(F)F)c2)c(C)c1CC(=O)Nc1ccccc1NC(=O)c1ccccc1. The van der Waals surface area contributed by atoms with Crippen molar-refractivity contribution in [3.05, 3.63) is 107 Å². The molecule has 0 bridgehead atoms. The van der Waals surface area contributed by atoms with Crippen LogP contribution in [-0.4, -0.2) is 21.6 Å². The number of amides is 2. The minimum atomic E-state index is -4.47. The van der Waals surface area contributed by atoms with Gasteiger partial charge in [-0.15, -0.1) is 0 Å². The Morgan fingerprint density at radius 3 is 2.17 bits per heavy atom. The van der Waals surface area contributed by atoms with E-state index in [2.05, 4.69) is 15.7 Å². The summed E-state index contributed by atoms with van der Waals surface area (Å²) in [6.45, 7) is 3.41. The Hall–Kier alpha value is -4.40. The monoisotopic (exact) mass is 492 g/mol. The molecule has 0 spiro atoms. The maximum absolute atomic E-state index is 13.1. The average Bonchev–Trinajstić information content (AvgIpc) is 3.13. The molecule has 2 N–H and O–H groups in total. The molecule has 36 heavy (non-hydrogen) atoms. The molecule has 2 amide bonds. The molecule has 0 aliphatic rings.